The molecule has 0 aliphatic carbocycles. The van der Waals surface area contributed by atoms with E-state index >= 15 is 0 Å². The average molecular weight is 315 g/mol. The molecule has 6 heteroatoms. The van der Waals surface area contributed by atoms with Gasteiger partial charge in [0.25, 0.3) is 0 Å². The molecule has 0 aliphatic heterocycles. The second-order valence-electron chi connectivity index (χ2n) is 5.74. The number of nitriles is 1. The molecule has 0 fully saturated rings. The molecule has 0 radical (unpaired) electrons. The lowest BCUT2D eigenvalue weighted by Crippen LogP contribution is -2.34. The molecule has 1 heterocycles. The Kier molecular flexibility index (Phi) is 4.48. The maximum absolute atomic E-state index is 12.0. The number of amides is 1. The quantitative estimate of drug-likeness (QED) is 0.838. The van der Waals surface area contributed by atoms with Crippen LogP contribution in [0.15, 0.2) is 29.6 Å². The van der Waals surface area contributed by atoms with Crippen molar-refractivity contribution < 1.29 is 9.53 Å². The number of aromatic nitrogens is 1. The Bertz CT molecular complexity index is 708. The van der Waals surface area contributed by atoms with Crippen molar-refractivity contribution >= 4 is 22.6 Å². The molecule has 0 aliphatic rings. The van der Waals surface area contributed by atoms with Crippen molar-refractivity contribution in [1.29, 1.82) is 5.26 Å². The Labute approximate surface area is 133 Å². The highest BCUT2D eigenvalue weighted by Gasteiger charge is 2.22. The van der Waals surface area contributed by atoms with E-state index in [1.807, 2.05) is 38.3 Å². The zero-order chi connectivity index (χ0) is 16.3. The first-order chi connectivity index (χ1) is 10.3. The number of benzene rings is 1. The fourth-order valence-electron chi connectivity index (χ4n) is 1.67. The van der Waals surface area contributed by atoms with Crippen molar-refractivity contribution in [2.24, 2.45) is 0 Å². The van der Waals surface area contributed by atoms with Crippen LogP contribution in [-0.2, 0) is 4.74 Å². The van der Waals surface area contributed by atoms with Gasteiger partial charge in [0, 0.05) is 18.0 Å². The molecule has 1 aromatic heterocycles. The number of rotatable bonds is 2. The molecule has 0 N–H and O–H groups in total. The zero-order valence-corrected chi connectivity index (χ0v) is 13.8. The van der Waals surface area contributed by atoms with Crippen molar-refractivity contribution in [3.05, 3.63) is 35.2 Å². The predicted octanol–water partition coefficient (Wildman–Crippen LogP) is 4.05. The van der Waals surface area contributed by atoms with E-state index in [1.165, 1.54) is 16.2 Å². The Morgan fingerprint density at radius 2 is 1.95 bits per heavy atom. The fraction of sp³-hybridized carbons (Fsp3) is 0.312. The van der Waals surface area contributed by atoms with Crippen LogP contribution < -0.4 is 4.90 Å². The van der Waals surface area contributed by atoms with Gasteiger partial charge in [-0.05, 0) is 32.9 Å². The minimum atomic E-state index is -0.543. The standard InChI is InChI=1S/C16H17N3O2S/c1-16(2,3)21-15(20)19(4)14-18-13(10-22-14)12-7-5-11(9-17)6-8-12/h5-8,10H,1-4H3. The van der Waals surface area contributed by atoms with Gasteiger partial charge in [0.15, 0.2) is 5.13 Å². The molecule has 0 saturated heterocycles. The highest BCUT2D eigenvalue weighted by Crippen LogP contribution is 2.27. The maximum Gasteiger partial charge on any atom is 0.416 e. The molecule has 0 unspecified atom stereocenters. The summed E-state index contributed by atoms with van der Waals surface area (Å²) >= 11 is 1.37. The molecule has 5 nitrogen and oxygen atoms in total. The van der Waals surface area contributed by atoms with Crippen LogP contribution in [-0.4, -0.2) is 23.7 Å². The number of hydrogen-bond acceptors (Lipinski definition) is 5. The molecular formula is C16H17N3O2S. The van der Waals surface area contributed by atoms with Gasteiger partial charge in [0.2, 0.25) is 0 Å². The van der Waals surface area contributed by atoms with Crippen LogP contribution >= 0.6 is 11.3 Å². The van der Waals surface area contributed by atoms with E-state index < -0.39 is 11.7 Å². The third kappa shape index (κ3) is 3.83. The van der Waals surface area contributed by atoms with Gasteiger partial charge >= 0.3 is 6.09 Å². The monoisotopic (exact) mass is 315 g/mol. The van der Waals surface area contributed by atoms with Gasteiger partial charge in [-0.3, -0.25) is 4.90 Å². The van der Waals surface area contributed by atoms with E-state index in [0.29, 0.717) is 10.7 Å². The lowest BCUT2D eigenvalue weighted by Gasteiger charge is -2.23. The topological polar surface area (TPSA) is 66.2 Å². The molecule has 0 saturated carbocycles. The third-order valence-electron chi connectivity index (χ3n) is 2.76. The number of hydrogen-bond donors (Lipinski definition) is 0. The molecule has 1 amide bonds. The maximum atomic E-state index is 12.0. The van der Waals surface area contributed by atoms with E-state index in [2.05, 4.69) is 11.1 Å². The minimum Gasteiger partial charge on any atom is -0.443 e. The van der Waals surface area contributed by atoms with Crippen molar-refractivity contribution in [1.82, 2.24) is 4.98 Å². The minimum absolute atomic E-state index is 0.437. The van der Waals surface area contributed by atoms with E-state index in [0.717, 1.165) is 11.3 Å². The number of anilines is 1. The second-order valence-corrected chi connectivity index (χ2v) is 6.58. The van der Waals surface area contributed by atoms with Crippen LogP contribution in [0.1, 0.15) is 26.3 Å². The first-order valence-electron chi connectivity index (χ1n) is 6.73. The van der Waals surface area contributed by atoms with Crippen molar-refractivity contribution in [3.63, 3.8) is 0 Å². The van der Waals surface area contributed by atoms with Gasteiger partial charge < -0.3 is 4.74 Å². The lowest BCUT2D eigenvalue weighted by atomic mass is 10.1. The van der Waals surface area contributed by atoms with Crippen LogP contribution in [0.4, 0.5) is 9.93 Å². The van der Waals surface area contributed by atoms with Gasteiger partial charge in [0.1, 0.15) is 5.60 Å². The largest absolute Gasteiger partial charge is 0.443 e. The summed E-state index contributed by atoms with van der Waals surface area (Å²) in [6.07, 6.45) is -0.437. The molecule has 1 aromatic carbocycles. The first-order valence-corrected chi connectivity index (χ1v) is 7.61. The second kappa shape index (κ2) is 6.16. The number of carbonyl (C=O) groups is 1. The van der Waals surface area contributed by atoms with Crippen LogP contribution in [0.5, 0.6) is 0 Å². The summed E-state index contributed by atoms with van der Waals surface area (Å²) in [6, 6.07) is 9.24. The van der Waals surface area contributed by atoms with E-state index in [9.17, 15) is 4.79 Å². The molecular weight excluding hydrogens is 298 g/mol. The van der Waals surface area contributed by atoms with Crippen molar-refractivity contribution in [2.45, 2.75) is 26.4 Å². The number of nitrogens with zero attached hydrogens (tertiary/aromatic N) is 3. The van der Waals surface area contributed by atoms with E-state index in [1.54, 1.807) is 19.2 Å². The predicted molar refractivity (Wildman–Crippen MR) is 86.9 cm³/mol. The SMILES string of the molecule is CN(C(=O)OC(C)(C)C)c1nc(-c2ccc(C#N)cc2)cs1. The Balaban J connectivity index is 2.17. The highest BCUT2D eigenvalue weighted by molar-refractivity contribution is 7.14. The molecule has 2 rings (SSSR count). The fourth-order valence-corrected chi connectivity index (χ4v) is 2.46. The summed E-state index contributed by atoms with van der Waals surface area (Å²) in [5.74, 6) is 0. The van der Waals surface area contributed by atoms with Gasteiger partial charge in [-0.25, -0.2) is 9.78 Å². The van der Waals surface area contributed by atoms with Crippen LogP contribution in [0.25, 0.3) is 11.3 Å². The first kappa shape index (κ1) is 16.0. The Morgan fingerprint density at radius 3 is 2.50 bits per heavy atom. The van der Waals surface area contributed by atoms with Gasteiger partial charge in [0.05, 0.1) is 17.3 Å². The molecule has 22 heavy (non-hydrogen) atoms. The Hall–Kier alpha value is -2.39. The van der Waals surface area contributed by atoms with E-state index in [-0.39, 0.29) is 0 Å². The van der Waals surface area contributed by atoms with Crippen LogP contribution in [0.2, 0.25) is 0 Å². The average Bonchev–Trinajstić information content (AvgIpc) is 2.94. The summed E-state index contributed by atoms with van der Waals surface area (Å²) in [6.45, 7) is 5.47. The number of carbonyl (C=O) groups excluding carboxylic acids is 1. The van der Waals surface area contributed by atoms with Gasteiger partial charge in [-0.2, -0.15) is 5.26 Å². The smallest absolute Gasteiger partial charge is 0.416 e. The number of thiazole rings is 1. The van der Waals surface area contributed by atoms with Crippen LogP contribution in [0, 0.1) is 11.3 Å². The number of ether oxygens (including phenoxy) is 1. The van der Waals surface area contributed by atoms with Crippen LogP contribution in [0.3, 0.4) is 0 Å². The molecule has 0 bridgehead atoms. The Morgan fingerprint density at radius 1 is 1.32 bits per heavy atom. The zero-order valence-electron chi connectivity index (χ0n) is 13.0. The van der Waals surface area contributed by atoms with Gasteiger partial charge in [-0.15, -0.1) is 11.3 Å². The van der Waals surface area contributed by atoms with Crippen molar-refractivity contribution in [3.8, 4) is 17.3 Å². The summed E-state index contributed by atoms with van der Waals surface area (Å²) in [4.78, 5) is 17.9. The van der Waals surface area contributed by atoms with E-state index in [4.69, 9.17) is 10.00 Å². The lowest BCUT2D eigenvalue weighted by molar-refractivity contribution is 0.0589. The normalized spacial score (nSPS) is 10.9. The summed E-state index contributed by atoms with van der Waals surface area (Å²) < 4.78 is 5.32. The molecule has 114 valence electrons. The van der Waals surface area contributed by atoms with Gasteiger partial charge in [-0.1, -0.05) is 12.1 Å². The third-order valence-corrected chi connectivity index (χ3v) is 3.67. The van der Waals surface area contributed by atoms with Crippen molar-refractivity contribution in [2.75, 3.05) is 11.9 Å². The summed E-state index contributed by atoms with van der Waals surface area (Å²) in [7, 11) is 1.63. The molecule has 0 atom stereocenters. The summed E-state index contributed by atoms with van der Waals surface area (Å²) in [5, 5.41) is 11.2. The molecule has 2 aromatic rings. The summed E-state index contributed by atoms with van der Waals surface area (Å²) in [5.41, 5.74) is 1.72. The molecule has 0 spiro atoms. The highest BCUT2D eigenvalue weighted by atomic mass is 32.1.